The lowest BCUT2D eigenvalue weighted by Crippen LogP contribution is -2.09. The molecule has 13 heavy (non-hydrogen) atoms. The zero-order chi connectivity index (χ0) is 10.1. The van der Waals surface area contributed by atoms with Crippen molar-refractivity contribution in [3.05, 3.63) is 28.5 Å². The van der Waals surface area contributed by atoms with Gasteiger partial charge in [0.25, 0.3) is 0 Å². The molecule has 0 saturated carbocycles. The third kappa shape index (κ3) is 2.34. The fourth-order valence-electron chi connectivity index (χ4n) is 0.860. The van der Waals surface area contributed by atoms with Crippen LogP contribution in [-0.4, -0.2) is 4.98 Å². The van der Waals surface area contributed by atoms with E-state index in [1.54, 1.807) is 0 Å². The van der Waals surface area contributed by atoms with Gasteiger partial charge in [0.05, 0.1) is 5.56 Å². The lowest BCUT2D eigenvalue weighted by molar-refractivity contribution is -0.138. The summed E-state index contributed by atoms with van der Waals surface area (Å²) in [6.07, 6.45) is -3.34. The predicted molar refractivity (Wildman–Crippen MR) is 46.9 cm³/mol. The van der Waals surface area contributed by atoms with Crippen LogP contribution in [0.2, 0.25) is 5.15 Å². The highest BCUT2D eigenvalue weighted by molar-refractivity contribution is 9.08. The average molecular weight is 274 g/mol. The molecule has 0 unspecified atom stereocenters. The number of rotatable bonds is 1. The third-order valence-corrected chi connectivity index (χ3v) is 2.33. The summed E-state index contributed by atoms with van der Waals surface area (Å²) in [7, 11) is 0. The average Bonchev–Trinajstić information content (AvgIpc) is 2.02. The molecule has 0 saturated heterocycles. The van der Waals surface area contributed by atoms with E-state index in [9.17, 15) is 13.2 Å². The van der Waals surface area contributed by atoms with Crippen molar-refractivity contribution in [2.24, 2.45) is 0 Å². The second-order valence-electron chi connectivity index (χ2n) is 2.26. The van der Waals surface area contributed by atoms with Gasteiger partial charge in [0.2, 0.25) is 0 Å². The van der Waals surface area contributed by atoms with Gasteiger partial charge in [0, 0.05) is 17.1 Å². The second-order valence-corrected chi connectivity index (χ2v) is 3.18. The standard InChI is InChI=1S/C7H4BrClF3N/c8-3-4-5(7(10,11)12)1-2-13-6(4)9/h1-2H,3H2. The summed E-state index contributed by atoms with van der Waals surface area (Å²) in [5.41, 5.74) is -0.777. The van der Waals surface area contributed by atoms with Gasteiger partial charge in [-0.15, -0.1) is 0 Å². The number of alkyl halides is 4. The van der Waals surface area contributed by atoms with Crippen molar-refractivity contribution in [3.8, 4) is 0 Å². The van der Waals surface area contributed by atoms with Gasteiger partial charge in [-0.3, -0.25) is 0 Å². The Hall–Kier alpha value is -0.290. The second kappa shape index (κ2) is 3.84. The van der Waals surface area contributed by atoms with Gasteiger partial charge in [-0.2, -0.15) is 13.2 Å². The van der Waals surface area contributed by atoms with E-state index in [-0.39, 0.29) is 16.0 Å². The lowest BCUT2D eigenvalue weighted by atomic mass is 10.1. The number of pyridine rings is 1. The Kier molecular flexibility index (Phi) is 3.18. The minimum absolute atomic E-state index is 0.0309. The Bertz CT molecular complexity index is 313. The van der Waals surface area contributed by atoms with E-state index in [1.807, 2.05) is 0 Å². The lowest BCUT2D eigenvalue weighted by Gasteiger charge is -2.11. The Morgan fingerprint density at radius 1 is 1.46 bits per heavy atom. The van der Waals surface area contributed by atoms with Gasteiger partial charge in [-0.1, -0.05) is 27.5 Å². The molecule has 1 rings (SSSR count). The third-order valence-electron chi connectivity index (χ3n) is 1.44. The number of hydrogen-bond donors (Lipinski definition) is 0. The van der Waals surface area contributed by atoms with E-state index in [0.717, 1.165) is 12.3 Å². The SMILES string of the molecule is FC(F)(F)c1ccnc(Cl)c1CBr. The van der Waals surface area contributed by atoms with Crippen LogP contribution in [0.15, 0.2) is 12.3 Å². The molecule has 6 heteroatoms. The molecule has 0 aliphatic carbocycles. The van der Waals surface area contributed by atoms with E-state index >= 15 is 0 Å². The minimum Gasteiger partial charge on any atom is -0.244 e. The van der Waals surface area contributed by atoms with Crippen LogP contribution >= 0.6 is 27.5 Å². The molecule has 1 aromatic rings. The first-order chi connectivity index (χ1) is 5.96. The number of hydrogen-bond acceptors (Lipinski definition) is 1. The van der Waals surface area contributed by atoms with Crippen molar-refractivity contribution >= 4 is 27.5 Å². The number of nitrogens with zero attached hydrogens (tertiary/aromatic N) is 1. The first-order valence-electron chi connectivity index (χ1n) is 3.23. The molecular formula is C7H4BrClF3N. The molecule has 0 aromatic carbocycles. The highest BCUT2D eigenvalue weighted by Gasteiger charge is 2.33. The molecular weight excluding hydrogens is 270 g/mol. The van der Waals surface area contributed by atoms with E-state index in [1.165, 1.54) is 0 Å². The molecule has 0 N–H and O–H groups in total. The summed E-state index contributed by atoms with van der Waals surface area (Å²) in [4.78, 5) is 3.56. The van der Waals surface area contributed by atoms with E-state index < -0.39 is 11.7 Å². The molecule has 0 radical (unpaired) electrons. The molecule has 0 spiro atoms. The first kappa shape index (κ1) is 10.8. The van der Waals surface area contributed by atoms with E-state index in [2.05, 4.69) is 20.9 Å². The largest absolute Gasteiger partial charge is 0.416 e. The Balaban J connectivity index is 3.29. The van der Waals surface area contributed by atoms with Crippen LogP contribution < -0.4 is 0 Å². The maximum atomic E-state index is 12.3. The summed E-state index contributed by atoms with van der Waals surface area (Å²) in [5, 5.41) is -0.0826. The topological polar surface area (TPSA) is 12.9 Å². The molecule has 1 aromatic heterocycles. The van der Waals surface area contributed by atoms with Crippen LogP contribution in [0.5, 0.6) is 0 Å². The van der Waals surface area contributed by atoms with Crippen molar-refractivity contribution in [2.75, 3.05) is 0 Å². The van der Waals surface area contributed by atoms with Gasteiger partial charge in [0.1, 0.15) is 5.15 Å². The fourth-order valence-corrected chi connectivity index (χ4v) is 1.81. The van der Waals surface area contributed by atoms with Gasteiger partial charge in [0.15, 0.2) is 0 Å². The Labute approximate surface area is 86.0 Å². The van der Waals surface area contributed by atoms with Crippen LogP contribution in [0.3, 0.4) is 0 Å². The summed E-state index contributed by atoms with van der Waals surface area (Å²) in [6, 6.07) is 0.905. The van der Waals surface area contributed by atoms with Gasteiger partial charge < -0.3 is 0 Å². The van der Waals surface area contributed by atoms with Gasteiger partial charge in [-0.05, 0) is 6.07 Å². The number of halogens is 5. The quantitative estimate of drug-likeness (QED) is 0.563. The van der Waals surface area contributed by atoms with Crippen LogP contribution in [0.4, 0.5) is 13.2 Å². The molecule has 1 heterocycles. The molecule has 0 bridgehead atoms. The maximum absolute atomic E-state index is 12.3. The monoisotopic (exact) mass is 273 g/mol. The number of aromatic nitrogens is 1. The molecule has 0 aliphatic rings. The van der Waals surface area contributed by atoms with Crippen molar-refractivity contribution in [3.63, 3.8) is 0 Å². The summed E-state index contributed by atoms with van der Waals surface area (Å²) in [6.45, 7) is 0. The molecule has 0 fully saturated rings. The van der Waals surface area contributed by atoms with Gasteiger partial charge >= 0.3 is 6.18 Å². The Morgan fingerprint density at radius 3 is 2.46 bits per heavy atom. The highest BCUT2D eigenvalue weighted by atomic mass is 79.9. The smallest absolute Gasteiger partial charge is 0.244 e. The maximum Gasteiger partial charge on any atom is 0.416 e. The summed E-state index contributed by atoms with van der Waals surface area (Å²) >= 11 is 8.42. The van der Waals surface area contributed by atoms with Crippen molar-refractivity contribution in [1.82, 2.24) is 4.98 Å². The highest BCUT2D eigenvalue weighted by Crippen LogP contribution is 2.34. The van der Waals surface area contributed by atoms with Crippen molar-refractivity contribution < 1.29 is 13.2 Å². The van der Waals surface area contributed by atoms with E-state index in [0.29, 0.717) is 0 Å². The molecule has 0 atom stereocenters. The fraction of sp³-hybridized carbons (Fsp3) is 0.286. The first-order valence-corrected chi connectivity index (χ1v) is 4.73. The van der Waals surface area contributed by atoms with Crippen LogP contribution in [0.1, 0.15) is 11.1 Å². The molecule has 1 nitrogen and oxygen atoms in total. The van der Waals surface area contributed by atoms with Crippen molar-refractivity contribution in [2.45, 2.75) is 11.5 Å². The zero-order valence-corrected chi connectivity index (χ0v) is 8.54. The van der Waals surface area contributed by atoms with Crippen LogP contribution in [0, 0.1) is 0 Å². The van der Waals surface area contributed by atoms with Gasteiger partial charge in [-0.25, -0.2) is 4.98 Å². The molecule has 72 valence electrons. The van der Waals surface area contributed by atoms with Crippen LogP contribution in [-0.2, 0) is 11.5 Å². The zero-order valence-electron chi connectivity index (χ0n) is 6.20. The summed E-state index contributed by atoms with van der Waals surface area (Å²) < 4.78 is 36.9. The van der Waals surface area contributed by atoms with Crippen molar-refractivity contribution in [1.29, 1.82) is 0 Å². The minimum atomic E-state index is -4.38. The Morgan fingerprint density at radius 2 is 2.08 bits per heavy atom. The van der Waals surface area contributed by atoms with E-state index in [4.69, 9.17) is 11.6 Å². The predicted octanol–water partition coefficient (Wildman–Crippen LogP) is 3.65. The summed E-state index contributed by atoms with van der Waals surface area (Å²) in [5.74, 6) is 0. The molecule has 0 aliphatic heterocycles. The normalized spacial score (nSPS) is 11.8. The molecule has 0 amide bonds. The van der Waals surface area contributed by atoms with Crippen LogP contribution in [0.25, 0.3) is 0 Å².